The van der Waals surface area contributed by atoms with Crippen molar-refractivity contribution in [1.82, 2.24) is 10.2 Å². The highest BCUT2D eigenvalue weighted by atomic mass is 35.5. The summed E-state index contributed by atoms with van der Waals surface area (Å²) in [5, 5.41) is 2.89. The number of carbonyl (C=O) groups excluding carboxylic acids is 1. The summed E-state index contributed by atoms with van der Waals surface area (Å²) in [6.07, 6.45) is -0.692. The van der Waals surface area contributed by atoms with E-state index in [4.69, 9.17) is 0 Å². The van der Waals surface area contributed by atoms with Gasteiger partial charge in [0, 0.05) is 25.6 Å². The highest BCUT2D eigenvalue weighted by molar-refractivity contribution is 5.85. The van der Waals surface area contributed by atoms with Crippen LogP contribution in [0.1, 0.15) is 12.8 Å². The Kier molecular flexibility index (Phi) is 4.28. The van der Waals surface area contributed by atoms with Crippen LogP contribution < -0.4 is 5.32 Å². The van der Waals surface area contributed by atoms with Crippen molar-refractivity contribution in [1.29, 1.82) is 0 Å². The molecule has 0 aromatic rings. The van der Waals surface area contributed by atoms with Gasteiger partial charge in [0.05, 0.1) is 0 Å². The number of nitrogens with zero attached hydrogens (tertiary/aromatic N) is 1. The van der Waals surface area contributed by atoms with Crippen LogP contribution in [0.2, 0.25) is 0 Å². The summed E-state index contributed by atoms with van der Waals surface area (Å²) in [5.41, 5.74) is 0. The fourth-order valence-electron chi connectivity index (χ4n) is 1.79. The third kappa shape index (κ3) is 2.78. The van der Waals surface area contributed by atoms with Gasteiger partial charge in [0.2, 0.25) is 5.91 Å². The number of hydrogen-bond donors (Lipinski definition) is 1. The minimum Gasteiger partial charge on any atom is -0.331 e. The standard InChI is InChI=1S/C9H14F2N2O.ClH/c10-8(11)7-5-12-3-4-13(7)9(14)6-1-2-6;/h6-8,12H,1-5H2;1H. The largest absolute Gasteiger partial charge is 0.331 e. The van der Waals surface area contributed by atoms with Crippen LogP contribution in [-0.4, -0.2) is 42.9 Å². The molecule has 15 heavy (non-hydrogen) atoms. The summed E-state index contributed by atoms with van der Waals surface area (Å²) in [6.45, 7) is 1.27. The van der Waals surface area contributed by atoms with Gasteiger partial charge in [-0.15, -0.1) is 12.4 Å². The van der Waals surface area contributed by atoms with Crippen molar-refractivity contribution in [3.05, 3.63) is 0 Å². The summed E-state index contributed by atoms with van der Waals surface area (Å²) in [5.74, 6) is -0.0360. The Hall–Kier alpha value is -0.420. The highest BCUT2D eigenvalue weighted by Crippen LogP contribution is 2.32. The predicted molar refractivity (Wildman–Crippen MR) is 54.3 cm³/mol. The molecule has 1 amide bonds. The fourth-order valence-corrected chi connectivity index (χ4v) is 1.79. The van der Waals surface area contributed by atoms with Crippen LogP contribution in [0, 0.1) is 5.92 Å². The van der Waals surface area contributed by atoms with E-state index in [2.05, 4.69) is 5.32 Å². The zero-order valence-corrected chi connectivity index (χ0v) is 9.10. The lowest BCUT2D eigenvalue weighted by molar-refractivity contribution is -0.139. The van der Waals surface area contributed by atoms with Gasteiger partial charge in [-0.3, -0.25) is 4.79 Å². The first-order valence-electron chi connectivity index (χ1n) is 4.99. The van der Waals surface area contributed by atoms with Gasteiger partial charge in [0.15, 0.2) is 0 Å². The lowest BCUT2D eigenvalue weighted by Gasteiger charge is -2.35. The second kappa shape index (κ2) is 5.07. The number of alkyl halides is 2. The van der Waals surface area contributed by atoms with E-state index in [9.17, 15) is 13.6 Å². The van der Waals surface area contributed by atoms with Crippen LogP contribution in [0.5, 0.6) is 0 Å². The Labute approximate surface area is 93.6 Å². The number of carbonyl (C=O) groups is 1. The Morgan fingerprint density at radius 3 is 2.60 bits per heavy atom. The minimum absolute atomic E-state index is 0. The van der Waals surface area contributed by atoms with Crippen LogP contribution in [-0.2, 0) is 4.79 Å². The van der Waals surface area contributed by atoms with Gasteiger partial charge in [-0.1, -0.05) is 0 Å². The van der Waals surface area contributed by atoms with Crippen LogP contribution in [0.3, 0.4) is 0 Å². The molecule has 2 fully saturated rings. The fraction of sp³-hybridized carbons (Fsp3) is 0.889. The van der Waals surface area contributed by atoms with Crippen molar-refractivity contribution in [2.24, 2.45) is 5.92 Å². The van der Waals surface area contributed by atoms with Crippen LogP contribution in [0.4, 0.5) is 8.78 Å². The van der Waals surface area contributed by atoms with Gasteiger partial charge < -0.3 is 10.2 Å². The summed E-state index contributed by atoms with van der Waals surface area (Å²) in [7, 11) is 0. The molecule has 88 valence electrons. The van der Waals surface area contributed by atoms with Crippen molar-refractivity contribution < 1.29 is 13.6 Å². The summed E-state index contributed by atoms with van der Waals surface area (Å²) in [6, 6.07) is -0.920. The zero-order chi connectivity index (χ0) is 10.1. The maximum absolute atomic E-state index is 12.6. The molecule has 2 aliphatic rings. The Morgan fingerprint density at radius 1 is 1.40 bits per heavy atom. The van der Waals surface area contributed by atoms with E-state index < -0.39 is 12.5 Å². The molecule has 2 rings (SSSR count). The van der Waals surface area contributed by atoms with E-state index in [1.54, 1.807) is 0 Å². The second-order valence-corrected chi connectivity index (χ2v) is 3.91. The lowest BCUT2D eigenvalue weighted by Crippen LogP contribution is -2.57. The average molecular weight is 241 g/mol. The maximum Gasteiger partial charge on any atom is 0.259 e. The van der Waals surface area contributed by atoms with E-state index in [0.29, 0.717) is 13.1 Å². The predicted octanol–water partition coefficient (Wildman–Crippen LogP) is 0.884. The second-order valence-electron chi connectivity index (χ2n) is 3.91. The van der Waals surface area contributed by atoms with Crippen LogP contribution in [0.15, 0.2) is 0 Å². The number of rotatable bonds is 2. The summed E-state index contributed by atoms with van der Waals surface area (Å²) in [4.78, 5) is 13.0. The number of piperazine rings is 1. The average Bonchev–Trinajstić information content (AvgIpc) is 3.00. The van der Waals surface area contributed by atoms with Crippen LogP contribution in [0.25, 0.3) is 0 Å². The first-order valence-corrected chi connectivity index (χ1v) is 4.99. The van der Waals surface area contributed by atoms with Crippen molar-refractivity contribution in [3.63, 3.8) is 0 Å². The molecule has 0 aromatic carbocycles. The van der Waals surface area contributed by atoms with E-state index in [-0.39, 0.29) is 30.8 Å². The summed E-state index contributed by atoms with van der Waals surface area (Å²) >= 11 is 0. The zero-order valence-electron chi connectivity index (χ0n) is 8.29. The lowest BCUT2D eigenvalue weighted by atomic mass is 10.1. The molecule has 1 atom stereocenters. The van der Waals surface area contributed by atoms with Gasteiger partial charge in [-0.25, -0.2) is 8.78 Å². The molecule has 6 heteroatoms. The molecule has 0 spiro atoms. The Morgan fingerprint density at radius 2 is 2.07 bits per heavy atom. The van der Waals surface area contributed by atoms with Crippen molar-refractivity contribution in [3.8, 4) is 0 Å². The first kappa shape index (κ1) is 12.6. The first-order chi connectivity index (χ1) is 6.70. The number of hydrogen-bond acceptors (Lipinski definition) is 2. The topological polar surface area (TPSA) is 32.3 Å². The van der Waals surface area contributed by atoms with E-state index in [0.717, 1.165) is 12.8 Å². The summed E-state index contributed by atoms with van der Waals surface area (Å²) < 4.78 is 25.2. The van der Waals surface area contributed by atoms with E-state index >= 15 is 0 Å². The number of halogens is 3. The molecular formula is C9H15ClF2N2O. The van der Waals surface area contributed by atoms with E-state index in [1.165, 1.54) is 4.90 Å². The van der Waals surface area contributed by atoms with E-state index in [1.807, 2.05) is 0 Å². The SMILES string of the molecule is Cl.O=C(C1CC1)N1CCNCC1C(F)F. The van der Waals surface area contributed by atoms with Crippen molar-refractivity contribution in [2.45, 2.75) is 25.3 Å². The molecule has 1 saturated heterocycles. The van der Waals surface area contributed by atoms with Gasteiger partial charge in [0.1, 0.15) is 6.04 Å². The molecule has 1 heterocycles. The maximum atomic E-state index is 12.6. The molecule has 1 unspecified atom stereocenters. The molecule has 0 aromatic heterocycles. The molecule has 1 aliphatic heterocycles. The van der Waals surface area contributed by atoms with Gasteiger partial charge in [-0.2, -0.15) is 0 Å². The molecule has 3 nitrogen and oxygen atoms in total. The molecule has 0 bridgehead atoms. The monoisotopic (exact) mass is 240 g/mol. The molecule has 1 aliphatic carbocycles. The van der Waals surface area contributed by atoms with Crippen molar-refractivity contribution in [2.75, 3.05) is 19.6 Å². The quantitative estimate of drug-likeness (QED) is 0.777. The smallest absolute Gasteiger partial charge is 0.259 e. The molecule has 1 N–H and O–H groups in total. The van der Waals surface area contributed by atoms with Crippen molar-refractivity contribution >= 4 is 18.3 Å². The molecule has 1 saturated carbocycles. The number of amides is 1. The Balaban J connectivity index is 0.00000112. The third-order valence-electron chi connectivity index (χ3n) is 2.78. The molecule has 0 radical (unpaired) electrons. The highest BCUT2D eigenvalue weighted by Gasteiger charge is 2.40. The normalized spacial score (nSPS) is 26.3. The van der Waals surface area contributed by atoms with Gasteiger partial charge >= 0.3 is 0 Å². The molecular weight excluding hydrogens is 226 g/mol. The van der Waals surface area contributed by atoms with Crippen LogP contribution >= 0.6 is 12.4 Å². The van der Waals surface area contributed by atoms with Gasteiger partial charge in [-0.05, 0) is 12.8 Å². The minimum atomic E-state index is -2.44. The third-order valence-corrected chi connectivity index (χ3v) is 2.78. The van der Waals surface area contributed by atoms with Gasteiger partial charge in [0.25, 0.3) is 6.43 Å². The number of nitrogens with one attached hydrogen (secondary N) is 1. The Bertz CT molecular complexity index is 236.